The third kappa shape index (κ3) is 2.57. The molecule has 0 aliphatic heterocycles. The Morgan fingerprint density at radius 3 is 2.77 bits per heavy atom. The van der Waals surface area contributed by atoms with Gasteiger partial charge in [-0.2, -0.15) is 0 Å². The normalized spacial score (nSPS) is 12.6. The van der Waals surface area contributed by atoms with Gasteiger partial charge in [0.2, 0.25) is 0 Å². The summed E-state index contributed by atoms with van der Waals surface area (Å²) >= 11 is 2.28. The summed E-state index contributed by atoms with van der Waals surface area (Å²) in [5, 5.41) is 0. The Morgan fingerprint density at radius 1 is 1.54 bits per heavy atom. The van der Waals surface area contributed by atoms with E-state index in [-0.39, 0.29) is 6.04 Å². The Kier molecular flexibility index (Phi) is 3.99. The van der Waals surface area contributed by atoms with Gasteiger partial charge in [-0.25, -0.2) is 0 Å². The maximum absolute atomic E-state index is 5.86. The minimum absolute atomic E-state index is 0.0228. The fraction of sp³-hybridized carbons (Fsp3) is 0.400. The van der Waals surface area contributed by atoms with E-state index in [1.807, 2.05) is 32.0 Å². The van der Waals surface area contributed by atoms with Crippen molar-refractivity contribution in [3.05, 3.63) is 27.3 Å². The lowest BCUT2D eigenvalue weighted by Crippen LogP contribution is -2.09. The molecule has 1 rings (SSSR count). The average Bonchev–Trinajstić information content (AvgIpc) is 2.04. The van der Waals surface area contributed by atoms with Crippen molar-refractivity contribution in [2.24, 2.45) is 5.73 Å². The van der Waals surface area contributed by atoms with Crippen LogP contribution in [0, 0.1) is 3.57 Å². The molecule has 1 aromatic rings. The fourth-order valence-electron chi connectivity index (χ4n) is 1.24. The van der Waals surface area contributed by atoms with E-state index in [4.69, 9.17) is 10.5 Å². The number of benzene rings is 1. The number of halogens is 1. The van der Waals surface area contributed by atoms with E-state index in [2.05, 4.69) is 22.6 Å². The summed E-state index contributed by atoms with van der Waals surface area (Å²) in [5.41, 5.74) is 6.96. The Hall–Kier alpha value is -0.290. The van der Waals surface area contributed by atoms with E-state index in [0.717, 1.165) is 11.3 Å². The van der Waals surface area contributed by atoms with Crippen molar-refractivity contribution in [2.75, 3.05) is 6.61 Å². The molecule has 0 fully saturated rings. The Bertz CT molecular complexity index is 286. The van der Waals surface area contributed by atoms with Gasteiger partial charge in [-0.1, -0.05) is 6.07 Å². The van der Waals surface area contributed by atoms with Crippen molar-refractivity contribution in [3.8, 4) is 5.75 Å². The van der Waals surface area contributed by atoms with Crippen molar-refractivity contribution in [1.82, 2.24) is 0 Å². The predicted octanol–water partition coefficient (Wildman–Crippen LogP) is 2.71. The standard InChI is InChI=1S/C10H14INO/c1-3-13-9-6-4-5-8(11)10(9)7(2)12/h4-7H,3,12H2,1-2H3. The summed E-state index contributed by atoms with van der Waals surface area (Å²) in [4.78, 5) is 0. The molecule has 1 aromatic carbocycles. The first-order chi connectivity index (χ1) is 6.16. The van der Waals surface area contributed by atoms with Gasteiger partial charge in [-0.15, -0.1) is 0 Å². The highest BCUT2D eigenvalue weighted by molar-refractivity contribution is 14.1. The lowest BCUT2D eigenvalue weighted by molar-refractivity contribution is 0.334. The van der Waals surface area contributed by atoms with E-state index < -0.39 is 0 Å². The first-order valence-electron chi connectivity index (χ1n) is 4.33. The quantitative estimate of drug-likeness (QED) is 0.869. The molecule has 0 bridgehead atoms. The number of nitrogens with two attached hydrogens (primary N) is 1. The summed E-state index contributed by atoms with van der Waals surface area (Å²) in [6, 6.07) is 6.01. The second kappa shape index (κ2) is 4.81. The molecule has 3 heteroatoms. The molecule has 2 nitrogen and oxygen atoms in total. The lowest BCUT2D eigenvalue weighted by Gasteiger charge is -2.14. The Labute approximate surface area is 92.6 Å². The molecule has 0 spiro atoms. The Balaban J connectivity index is 3.10. The lowest BCUT2D eigenvalue weighted by atomic mass is 10.1. The van der Waals surface area contributed by atoms with Gasteiger partial charge >= 0.3 is 0 Å². The first kappa shape index (κ1) is 10.8. The molecule has 1 unspecified atom stereocenters. The highest BCUT2D eigenvalue weighted by Gasteiger charge is 2.10. The third-order valence-electron chi connectivity index (χ3n) is 1.77. The fourth-order valence-corrected chi connectivity index (χ4v) is 2.21. The molecule has 0 aromatic heterocycles. The summed E-state index contributed by atoms with van der Waals surface area (Å²) in [6.45, 7) is 4.63. The highest BCUT2D eigenvalue weighted by atomic mass is 127. The maximum Gasteiger partial charge on any atom is 0.125 e. The van der Waals surface area contributed by atoms with Crippen molar-refractivity contribution in [1.29, 1.82) is 0 Å². The molecular weight excluding hydrogens is 277 g/mol. The summed E-state index contributed by atoms with van der Waals surface area (Å²) in [6.07, 6.45) is 0. The van der Waals surface area contributed by atoms with E-state index in [0.29, 0.717) is 6.61 Å². The van der Waals surface area contributed by atoms with Crippen LogP contribution in [0.3, 0.4) is 0 Å². The van der Waals surface area contributed by atoms with Gasteiger partial charge in [0, 0.05) is 15.2 Å². The smallest absolute Gasteiger partial charge is 0.125 e. The zero-order valence-corrected chi connectivity index (χ0v) is 10.0. The Morgan fingerprint density at radius 2 is 2.23 bits per heavy atom. The van der Waals surface area contributed by atoms with Gasteiger partial charge in [0.25, 0.3) is 0 Å². The van der Waals surface area contributed by atoms with Gasteiger partial charge in [0.05, 0.1) is 6.61 Å². The molecule has 0 radical (unpaired) electrons. The van der Waals surface area contributed by atoms with Gasteiger partial charge < -0.3 is 10.5 Å². The van der Waals surface area contributed by atoms with Gasteiger partial charge in [-0.3, -0.25) is 0 Å². The minimum Gasteiger partial charge on any atom is -0.493 e. The van der Waals surface area contributed by atoms with Crippen LogP contribution >= 0.6 is 22.6 Å². The SMILES string of the molecule is CCOc1cccc(I)c1C(C)N. The summed E-state index contributed by atoms with van der Waals surface area (Å²) in [7, 11) is 0. The van der Waals surface area contributed by atoms with Crippen LogP contribution in [0.5, 0.6) is 5.75 Å². The maximum atomic E-state index is 5.86. The van der Waals surface area contributed by atoms with Crippen LogP contribution in [0.2, 0.25) is 0 Å². The average molecular weight is 291 g/mol. The van der Waals surface area contributed by atoms with Crippen LogP contribution in [-0.4, -0.2) is 6.61 Å². The molecule has 2 N–H and O–H groups in total. The molecule has 1 atom stereocenters. The minimum atomic E-state index is 0.0228. The summed E-state index contributed by atoms with van der Waals surface area (Å²) in [5.74, 6) is 0.907. The van der Waals surface area contributed by atoms with Gasteiger partial charge in [0.15, 0.2) is 0 Å². The van der Waals surface area contributed by atoms with Crippen molar-refractivity contribution >= 4 is 22.6 Å². The number of rotatable bonds is 3. The topological polar surface area (TPSA) is 35.2 Å². The van der Waals surface area contributed by atoms with Crippen LogP contribution in [0.4, 0.5) is 0 Å². The molecule has 0 aliphatic rings. The number of hydrogen-bond donors (Lipinski definition) is 1. The van der Waals surface area contributed by atoms with Gasteiger partial charge in [0.1, 0.15) is 5.75 Å². The van der Waals surface area contributed by atoms with Crippen molar-refractivity contribution in [3.63, 3.8) is 0 Å². The molecule has 0 saturated heterocycles. The van der Waals surface area contributed by atoms with Crippen LogP contribution in [0.25, 0.3) is 0 Å². The number of hydrogen-bond acceptors (Lipinski definition) is 2. The van der Waals surface area contributed by atoms with Crippen molar-refractivity contribution in [2.45, 2.75) is 19.9 Å². The largest absolute Gasteiger partial charge is 0.493 e. The van der Waals surface area contributed by atoms with E-state index >= 15 is 0 Å². The number of ether oxygens (including phenoxy) is 1. The molecule has 0 amide bonds. The molecule has 0 saturated carbocycles. The summed E-state index contributed by atoms with van der Waals surface area (Å²) < 4.78 is 6.66. The zero-order valence-electron chi connectivity index (χ0n) is 7.88. The van der Waals surface area contributed by atoms with Crippen LogP contribution in [0.1, 0.15) is 25.5 Å². The van der Waals surface area contributed by atoms with E-state index in [1.54, 1.807) is 0 Å². The molecular formula is C10H14INO. The zero-order chi connectivity index (χ0) is 9.84. The van der Waals surface area contributed by atoms with Crippen LogP contribution in [0.15, 0.2) is 18.2 Å². The second-order valence-corrected chi connectivity index (χ2v) is 4.04. The third-order valence-corrected chi connectivity index (χ3v) is 2.71. The van der Waals surface area contributed by atoms with Crippen LogP contribution < -0.4 is 10.5 Å². The predicted molar refractivity (Wildman–Crippen MR) is 62.9 cm³/mol. The highest BCUT2D eigenvalue weighted by Crippen LogP contribution is 2.28. The monoisotopic (exact) mass is 291 g/mol. The molecule has 0 heterocycles. The first-order valence-corrected chi connectivity index (χ1v) is 5.41. The molecule has 72 valence electrons. The van der Waals surface area contributed by atoms with E-state index in [1.165, 1.54) is 3.57 Å². The molecule has 0 aliphatic carbocycles. The second-order valence-electron chi connectivity index (χ2n) is 2.87. The van der Waals surface area contributed by atoms with Gasteiger partial charge in [-0.05, 0) is 48.6 Å². The molecule has 13 heavy (non-hydrogen) atoms. The van der Waals surface area contributed by atoms with Crippen LogP contribution in [-0.2, 0) is 0 Å². The van der Waals surface area contributed by atoms with E-state index in [9.17, 15) is 0 Å². The van der Waals surface area contributed by atoms with Crippen molar-refractivity contribution < 1.29 is 4.74 Å².